The van der Waals surface area contributed by atoms with E-state index in [1.165, 1.54) is 0 Å². The summed E-state index contributed by atoms with van der Waals surface area (Å²) in [6.07, 6.45) is 3.27. The highest BCUT2D eigenvalue weighted by Crippen LogP contribution is 2.49. The first-order valence-electron chi connectivity index (χ1n) is 16.4. The third-order valence-corrected chi connectivity index (χ3v) is 9.69. The van der Waals surface area contributed by atoms with Crippen LogP contribution in [0.3, 0.4) is 0 Å². The van der Waals surface area contributed by atoms with Crippen LogP contribution in [0, 0.1) is 5.41 Å². The smallest absolute Gasteiger partial charge is 0.143 e. The lowest BCUT2D eigenvalue weighted by Crippen LogP contribution is -2.46. The molecule has 0 aliphatic heterocycles. The van der Waals surface area contributed by atoms with Gasteiger partial charge in [-0.15, -0.1) is 0 Å². The number of ether oxygens (including phenoxy) is 2. The van der Waals surface area contributed by atoms with Crippen LogP contribution in [-0.4, -0.2) is 13.2 Å². The van der Waals surface area contributed by atoms with Gasteiger partial charge in [-0.1, -0.05) is 188 Å². The molecule has 0 bridgehead atoms. The highest BCUT2D eigenvalue weighted by atomic mass is 16.5. The quantitative estimate of drug-likeness (QED) is 0.130. The summed E-state index contributed by atoms with van der Waals surface area (Å²) in [5.74, 6) is 0. The Labute approximate surface area is 273 Å². The van der Waals surface area contributed by atoms with E-state index in [1.54, 1.807) is 0 Å². The molecule has 6 aromatic rings. The molecule has 1 saturated carbocycles. The van der Waals surface area contributed by atoms with E-state index >= 15 is 0 Å². The van der Waals surface area contributed by atoms with E-state index in [1.807, 2.05) is 0 Å². The van der Waals surface area contributed by atoms with Crippen molar-refractivity contribution in [2.24, 2.45) is 5.41 Å². The standard InChI is InChI=1S/C44H40O2/c1-7-20-36(21-8-1)43(37-22-9-2-10-23-37,38-24-11-3-12-25-38)45-34-42(32-19-33-42)35-46-44(39-26-13-4-14-27-39,40-28-15-5-16-29-40)41-30-17-6-18-31-41/h1-18,20-31H,19,32-35H2. The van der Waals surface area contributed by atoms with Gasteiger partial charge >= 0.3 is 0 Å². The molecule has 0 spiro atoms. The Morgan fingerprint density at radius 3 is 0.739 bits per heavy atom. The lowest BCUT2D eigenvalue weighted by atomic mass is 9.69. The molecule has 0 atom stereocenters. The van der Waals surface area contributed by atoms with E-state index in [0.29, 0.717) is 13.2 Å². The van der Waals surface area contributed by atoms with Crippen LogP contribution >= 0.6 is 0 Å². The molecular weight excluding hydrogens is 560 g/mol. The zero-order valence-corrected chi connectivity index (χ0v) is 26.2. The molecule has 0 radical (unpaired) electrons. The Kier molecular flexibility index (Phi) is 8.66. The van der Waals surface area contributed by atoms with E-state index < -0.39 is 11.2 Å². The van der Waals surface area contributed by atoms with Gasteiger partial charge in [-0.2, -0.15) is 0 Å². The monoisotopic (exact) mass is 600 g/mol. The molecule has 2 nitrogen and oxygen atoms in total. The predicted molar refractivity (Wildman–Crippen MR) is 187 cm³/mol. The van der Waals surface area contributed by atoms with E-state index in [2.05, 4.69) is 182 Å². The van der Waals surface area contributed by atoms with Crippen molar-refractivity contribution in [3.63, 3.8) is 0 Å². The highest BCUT2D eigenvalue weighted by molar-refractivity contribution is 5.49. The predicted octanol–water partition coefficient (Wildman–Crippen LogP) is 10.2. The van der Waals surface area contributed by atoms with Crippen molar-refractivity contribution in [1.29, 1.82) is 0 Å². The topological polar surface area (TPSA) is 18.5 Å². The Morgan fingerprint density at radius 2 is 0.565 bits per heavy atom. The van der Waals surface area contributed by atoms with Gasteiger partial charge in [0.2, 0.25) is 0 Å². The van der Waals surface area contributed by atoms with Crippen LogP contribution in [-0.2, 0) is 20.7 Å². The second-order valence-electron chi connectivity index (χ2n) is 12.5. The zero-order chi connectivity index (χ0) is 31.1. The molecule has 0 heterocycles. The average molecular weight is 601 g/mol. The Morgan fingerprint density at radius 1 is 0.348 bits per heavy atom. The van der Waals surface area contributed by atoms with Crippen molar-refractivity contribution in [3.8, 4) is 0 Å². The van der Waals surface area contributed by atoms with Crippen LogP contribution in [0.1, 0.15) is 52.6 Å². The molecule has 0 amide bonds. The first-order chi connectivity index (χ1) is 22.8. The summed E-state index contributed by atoms with van der Waals surface area (Å²) in [6, 6.07) is 64.0. The minimum Gasteiger partial charge on any atom is -0.360 e. The van der Waals surface area contributed by atoms with Gasteiger partial charge in [0.1, 0.15) is 11.2 Å². The van der Waals surface area contributed by atoms with Gasteiger partial charge in [0, 0.05) is 5.41 Å². The van der Waals surface area contributed by atoms with Crippen LogP contribution in [0.5, 0.6) is 0 Å². The van der Waals surface area contributed by atoms with E-state index in [4.69, 9.17) is 9.47 Å². The van der Waals surface area contributed by atoms with Gasteiger partial charge in [-0.3, -0.25) is 0 Å². The summed E-state index contributed by atoms with van der Waals surface area (Å²) < 4.78 is 14.8. The second kappa shape index (κ2) is 13.3. The molecular formula is C44H40O2. The summed E-state index contributed by atoms with van der Waals surface area (Å²) in [5, 5.41) is 0. The lowest BCUT2D eigenvalue weighted by molar-refractivity contribution is -0.127. The molecule has 7 rings (SSSR count). The SMILES string of the molecule is c1ccc(C(OCC2(COC(c3ccccc3)(c3ccccc3)c3ccccc3)CCC2)(c2ccccc2)c2ccccc2)cc1. The first-order valence-corrected chi connectivity index (χ1v) is 16.4. The summed E-state index contributed by atoms with van der Waals surface area (Å²) in [4.78, 5) is 0. The number of benzene rings is 6. The van der Waals surface area contributed by atoms with Gasteiger partial charge in [0.05, 0.1) is 13.2 Å². The molecule has 2 heteroatoms. The Bertz CT molecular complexity index is 1460. The van der Waals surface area contributed by atoms with Crippen molar-refractivity contribution in [2.45, 2.75) is 30.5 Å². The molecule has 0 N–H and O–H groups in total. The van der Waals surface area contributed by atoms with Gasteiger partial charge in [-0.25, -0.2) is 0 Å². The molecule has 0 unspecified atom stereocenters. The number of hydrogen-bond acceptors (Lipinski definition) is 2. The van der Waals surface area contributed by atoms with Crippen molar-refractivity contribution < 1.29 is 9.47 Å². The Hall–Kier alpha value is -4.76. The molecule has 6 aromatic carbocycles. The third kappa shape index (κ3) is 5.60. The third-order valence-electron chi connectivity index (χ3n) is 9.69. The molecule has 46 heavy (non-hydrogen) atoms. The van der Waals surface area contributed by atoms with Crippen LogP contribution in [0.15, 0.2) is 182 Å². The fourth-order valence-corrected chi connectivity index (χ4v) is 7.07. The van der Waals surface area contributed by atoms with Crippen LogP contribution < -0.4 is 0 Å². The largest absolute Gasteiger partial charge is 0.360 e. The van der Waals surface area contributed by atoms with Crippen molar-refractivity contribution >= 4 is 0 Å². The lowest BCUT2D eigenvalue weighted by Gasteiger charge is -2.47. The van der Waals surface area contributed by atoms with Gasteiger partial charge in [0.25, 0.3) is 0 Å². The van der Waals surface area contributed by atoms with E-state index in [9.17, 15) is 0 Å². The molecule has 1 aliphatic rings. The maximum Gasteiger partial charge on any atom is 0.143 e. The van der Waals surface area contributed by atoms with E-state index in [0.717, 1.165) is 52.6 Å². The van der Waals surface area contributed by atoms with Gasteiger partial charge in [0.15, 0.2) is 0 Å². The fraction of sp³-hybridized carbons (Fsp3) is 0.182. The molecule has 228 valence electrons. The molecule has 0 saturated heterocycles. The molecule has 1 aliphatic carbocycles. The van der Waals surface area contributed by atoms with E-state index in [-0.39, 0.29) is 5.41 Å². The first kappa shape index (κ1) is 29.9. The van der Waals surface area contributed by atoms with Gasteiger partial charge < -0.3 is 9.47 Å². The average Bonchev–Trinajstić information content (AvgIpc) is 3.13. The maximum absolute atomic E-state index is 7.40. The molecule has 1 fully saturated rings. The number of rotatable bonds is 12. The summed E-state index contributed by atoms with van der Waals surface area (Å²) in [7, 11) is 0. The molecule has 0 aromatic heterocycles. The minimum atomic E-state index is -0.762. The zero-order valence-electron chi connectivity index (χ0n) is 26.2. The Balaban J connectivity index is 1.29. The van der Waals surface area contributed by atoms with Crippen molar-refractivity contribution in [1.82, 2.24) is 0 Å². The normalized spacial score (nSPS) is 14.3. The van der Waals surface area contributed by atoms with Crippen LogP contribution in [0.2, 0.25) is 0 Å². The van der Waals surface area contributed by atoms with Crippen molar-refractivity contribution in [2.75, 3.05) is 13.2 Å². The summed E-state index contributed by atoms with van der Waals surface area (Å²) >= 11 is 0. The summed E-state index contributed by atoms with van der Waals surface area (Å²) in [5.41, 5.74) is 5.07. The second-order valence-corrected chi connectivity index (χ2v) is 12.5. The number of hydrogen-bond donors (Lipinski definition) is 0. The van der Waals surface area contributed by atoms with Crippen LogP contribution in [0.4, 0.5) is 0 Å². The van der Waals surface area contributed by atoms with Crippen LogP contribution in [0.25, 0.3) is 0 Å². The summed E-state index contributed by atoms with van der Waals surface area (Å²) in [6.45, 7) is 1.14. The minimum absolute atomic E-state index is 0.132. The van der Waals surface area contributed by atoms with Crippen molar-refractivity contribution in [3.05, 3.63) is 215 Å². The highest BCUT2D eigenvalue weighted by Gasteiger charge is 2.46. The maximum atomic E-state index is 7.40. The van der Waals surface area contributed by atoms with Gasteiger partial charge in [-0.05, 0) is 46.2 Å². The fourth-order valence-electron chi connectivity index (χ4n) is 7.07.